The molecule has 0 amide bonds. The van der Waals surface area contributed by atoms with E-state index in [1.165, 1.54) is 140 Å². The standard InChI is InChI=1S/C23H48N.HI/c1-3-4-5-6-7-8-9-10-11-12-13-14-15-16-18-21-24(2)22-19-17-20-23-24;/h3-23H2,1-2H3;1H/q+1;/p-1. The summed E-state index contributed by atoms with van der Waals surface area (Å²) in [5.74, 6) is 0. The number of hydrogen-bond donors (Lipinski definition) is 0. The van der Waals surface area contributed by atoms with Gasteiger partial charge in [0, 0.05) is 0 Å². The van der Waals surface area contributed by atoms with Crippen molar-refractivity contribution in [3.8, 4) is 0 Å². The van der Waals surface area contributed by atoms with E-state index in [0.29, 0.717) is 0 Å². The summed E-state index contributed by atoms with van der Waals surface area (Å²) in [6.45, 7) is 6.63. The van der Waals surface area contributed by atoms with Gasteiger partial charge in [0.25, 0.3) is 0 Å². The number of nitrogens with zero attached hydrogens (tertiary/aromatic N) is 1. The molecule has 0 aromatic heterocycles. The van der Waals surface area contributed by atoms with Gasteiger partial charge >= 0.3 is 0 Å². The minimum Gasteiger partial charge on any atom is -1.00 e. The lowest BCUT2D eigenvalue weighted by Gasteiger charge is -2.37. The first kappa shape index (κ1) is 25.7. The summed E-state index contributed by atoms with van der Waals surface area (Å²) in [6, 6.07) is 0. The minimum atomic E-state index is 0. The Morgan fingerprint density at radius 2 is 0.880 bits per heavy atom. The van der Waals surface area contributed by atoms with Crippen LogP contribution in [0, 0.1) is 0 Å². The lowest BCUT2D eigenvalue weighted by atomic mass is 10.0. The van der Waals surface area contributed by atoms with Gasteiger partial charge in [0.05, 0.1) is 26.7 Å². The van der Waals surface area contributed by atoms with Crippen LogP contribution >= 0.6 is 0 Å². The van der Waals surface area contributed by atoms with Crippen molar-refractivity contribution in [2.24, 2.45) is 0 Å². The molecular weight excluding hydrogens is 417 g/mol. The third-order valence-electron chi connectivity index (χ3n) is 6.20. The molecule has 1 rings (SSSR count). The number of piperidine rings is 1. The predicted octanol–water partition coefficient (Wildman–Crippen LogP) is 4.49. The summed E-state index contributed by atoms with van der Waals surface area (Å²) < 4.78 is 1.37. The molecule has 25 heavy (non-hydrogen) atoms. The van der Waals surface area contributed by atoms with Gasteiger partial charge in [0.2, 0.25) is 0 Å². The SMILES string of the molecule is CCCCCCCCCCCCCCCCC[N+]1(C)CCCCC1.[I-]. The van der Waals surface area contributed by atoms with E-state index in [9.17, 15) is 0 Å². The first-order chi connectivity index (χ1) is 11.8. The van der Waals surface area contributed by atoms with Gasteiger partial charge in [-0.2, -0.15) is 0 Å². The average molecular weight is 466 g/mol. The van der Waals surface area contributed by atoms with E-state index < -0.39 is 0 Å². The van der Waals surface area contributed by atoms with Crippen LogP contribution in [0.4, 0.5) is 0 Å². The van der Waals surface area contributed by atoms with Gasteiger partial charge in [-0.25, -0.2) is 0 Å². The maximum Gasteiger partial charge on any atom is 0.0784 e. The monoisotopic (exact) mass is 465 g/mol. The third-order valence-corrected chi connectivity index (χ3v) is 6.20. The van der Waals surface area contributed by atoms with Gasteiger partial charge in [-0.3, -0.25) is 0 Å². The third kappa shape index (κ3) is 15.4. The van der Waals surface area contributed by atoms with E-state index >= 15 is 0 Å². The van der Waals surface area contributed by atoms with Gasteiger partial charge in [-0.05, 0) is 32.1 Å². The Labute approximate surface area is 177 Å². The van der Waals surface area contributed by atoms with Gasteiger partial charge in [0.15, 0.2) is 0 Å². The lowest BCUT2D eigenvalue weighted by Crippen LogP contribution is -3.00. The largest absolute Gasteiger partial charge is 1.00 e. The number of halogens is 1. The fourth-order valence-corrected chi connectivity index (χ4v) is 4.36. The normalized spacial score (nSPS) is 16.6. The second kappa shape index (κ2) is 18.1. The fourth-order valence-electron chi connectivity index (χ4n) is 4.36. The van der Waals surface area contributed by atoms with Crippen molar-refractivity contribution in [1.82, 2.24) is 0 Å². The smallest absolute Gasteiger partial charge is 0.0784 e. The average Bonchev–Trinajstić information content (AvgIpc) is 2.59. The van der Waals surface area contributed by atoms with Crippen LogP contribution in [0.25, 0.3) is 0 Å². The molecule has 1 aliphatic rings. The second-order valence-corrected chi connectivity index (χ2v) is 8.80. The zero-order valence-corrected chi connectivity index (χ0v) is 19.8. The van der Waals surface area contributed by atoms with Crippen LogP contribution in [0.5, 0.6) is 0 Å². The van der Waals surface area contributed by atoms with Crippen molar-refractivity contribution in [2.75, 3.05) is 26.7 Å². The highest BCUT2D eigenvalue weighted by Gasteiger charge is 2.23. The molecule has 0 aliphatic carbocycles. The van der Waals surface area contributed by atoms with Crippen LogP contribution in [-0.2, 0) is 0 Å². The molecule has 0 radical (unpaired) electrons. The van der Waals surface area contributed by atoms with Crippen molar-refractivity contribution < 1.29 is 28.5 Å². The van der Waals surface area contributed by atoms with Crippen molar-refractivity contribution in [3.63, 3.8) is 0 Å². The Hall–Kier alpha value is 0.690. The summed E-state index contributed by atoms with van der Waals surface area (Å²) in [6.07, 6.45) is 26.5. The number of quaternary nitrogens is 1. The summed E-state index contributed by atoms with van der Waals surface area (Å²) in [7, 11) is 2.49. The zero-order valence-electron chi connectivity index (χ0n) is 17.7. The Balaban J connectivity index is 0.00000576. The highest BCUT2D eigenvalue weighted by atomic mass is 127. The second-order valence-electron chi connectivity index (χ2n) is 8.80. The molecule has 0 atom stereocenters. The molecule has 0 bridgehead atoms. The Kier molecular flexibility index (Phi) is 18.6. The molecule has 0 unspecified atom stereocenters. The van der Waals surface area contributed by atoms with E-state index in [4.69, 9.17) is 0 Å². The number of unbranched alkanes of at least 4 members (excludes halogenated alkanes) is 14. The summed E-state index contributed by atoms with van der Waals surface area (Å²) in [5, 5.41) is 0. The van der Waals surface area contributed by atoms with Crippen LogP contribution in [0.15, 0.2) is 0 Å². The molecule has 1 fully saturated rings. The molecule has 0 aromatic rings. The predicted molar refractivity (Wildman–Crippen MR) is 110 cm³/mol. The van der Waals surface area contributed by atoms with Crippen LogP contribution in [0.1, 0.15) is 122 Å². The van der Waals surface area contributed by atoms with E-state index in [1.807, 2.05) is 0 Å². The summed E-state index contributed by atoms with van der Waals surface area (Å²) >= 11 is 0. The van der Waals surface area contributed by atoms with E-state index in [-0.39, 0.29) is 24.0 Å². The summed E-state index contributed by atoms with van der Waals surface area (Å²) in [4.78, 5) is 0. The van der Waals surface area contributed by atoms with E-state index in [2.05, 4.69) is 14.0 Å². The molecule has 152 valence electrons. The van der Waals surface area contributed by atoms with Crippen LogP contribution in [0.2, 0.25) is 0 Å². The molecule has 1 aliphatic heterocycles. The van der Waals surface area contributed by atoms with Crippen LogP contribution in [-0.4, -0.2) is 31.2 Å². The van der Waals surface area contributed by atoms with Crippen molar-refractivity contribution in [1.29, 1.82) is 0 Å². The first-order valence-electron chi connectivity index (χ1n) is 11.6. The Morgan fingerprint density at radius 3 is 1.28 bits per heavy atom. The number of rotatable bonds is 16. The van der Waals surface area contributed by atoms with Gasteiger partial charge in [-0.1, -0.05) is 90.4 Å². The molecular formula is C23H48IN. The van der Waals surface area contributed by atoms with Crippen molar-refractivity contribution in [2.45, 2.75) is 122 Å². The van der Waals surface area contributed by atoms with E-state index in [0.717, 1.165) is 0 Å². The van der Waals surface area contributed by atoms with Crippen molar-refractivity contribution >= 4 is 0 Å². The van der Waals surface area contributed by atoms with Crippen LogP contribution in [0.3, 0.4) is 0 Å². The first-order valence-corrected chi connectivity index (χ1v) is 11.6. The molecule has 0 aromatic carbocycles. The molecule has 0 spiro atoms. The zero-order chi connectivity index (χ0) is 17.3. The highest BCUT2D eigenvalue weighted by Crippen LogP contribution is 2.18. The van der Waals surface area contributed by atoms with Crippen LogP contribution < -0.4 is 24.0 Å². The topological polar surface area (TPSA) is 0 Å². The van der Waals surface area contributed by atoms with E-state index in [1.54, 1.807) is 0 Å². The maximum absolute atomic E-state index is 2.49. The molecule has 1 heterocycles. The Bertz CT molecular complexity index is 261. The highest BCUT2D eigenvalue weighted by molar-refractivity contribution is 4.53. The molecule has 2 heteroatoms. The molecule has 0 saturated carbocycles. The number of likely N-dealkylation sites (tertiary alicyclic amines) is 1. The number of hydrogen-bond acceptors (Lipinski definition) is 0. The quantitative estimate of drug-likeness (QED) is 0.179. The maximum atomic E-state index is 2.49. The van der Waals surface area contributed by atoms with Crippen molar-refractivity contribution in [3.05, 3.63) is 0 Å². The van der Waals surface area contributed by atoms with Gasteiger partial charge in [-0.15, -0.1) is 0 Å². The summed E-state index contributed by atoms with van der Waals surface area (Å²) in [5.41, 5.74) is 0. The Morgan fingerprint density at radius 1 is 0.520 bits per heavy atom. The van der Waals surface area contributed by atoms with Gasteiger partial charge < -0.3 is 28.5 Å². The molecule has 1 saturated heterocycles. The van der Waals surface area contributed by atoms with Gasteiger partial charge in [0.1, 0.15) is 0 Å². The fraction of sp³-hybridized carbons (Fsp3) is 1.00. The lowest BCUT2D eigenvalue weighted by molar-refractivity contribution is -0.914. The minimum absolute atomic E-state index is 0. The molecule has 1 nitrogen and oxygen atoms in total. The molecule has 0 N–H and O–H groups in total.